The van der Waals surface area contributed by atoms with Crippen LogP contribution in [-0.4, -0.2) is 36.7 Å². The minimum Gasteiger partial charge on any atom is -0.508 e. The first-order valence-electron chi connectivity index (χ1n) is 5.59. The lowest BCUT2D eigenvalue weighted by Gasteiger charge is -2.25. The monoisotopic (exact) mass is 237 g/mol. The van der Waals surface area contributed by atoms with Crippen LogP contribution in [0.3, 0.4) is 0 Å². The van der Waals surface area contributed by atoms with Crippen molar-refractivity contribution in [2.24, 2.45) is 0 Å². The largest absolute Gasteiger partial charge is 0.508 e. The molecule has 94 valence electrons. The van der Waals surface area contributed by atoms with Gasteiger partial charge in [0.25, 0.3) is 0 Å². The number of nitrogens with zero attached hydrogens (tertiary/aromatic N) is 1. The van der Waals surface area contributed by atoms with Crippen LogP contribution in [0.5, 0.6) is 5.75 Å². The highest BCUT2D eigenvalue weighted by Gasteiger charge is 2.16. The SMILES string of the molecule is COCCC(=O)N(C)C(C)c1ccc(O)cc1. The fraction of sp³-hybridized carbons (Fsp3) is 0.462. The van der Waals surface area contributed by atoms with E-state index >= 15 is 0 Å². The molecule has 1 aromatic carbocycles. The fourth-order valence-electron chi connectivity index (χ4n) is 1.56. The Hall–Kier alpha value is -1.55. The number of carbonyl (C=O) groups excluding carboxylic acids is 1. The normalized spacial score (nSPS) is 12.2. The Bertz CT molecular complexity index is 361. The van der Waals surface area contributed by atoms with Gasteiger partial charge in [0.1, 0.15) is 5.75 Å². The van der Waals surface area contributed by atoms with Gasteiger partial charge in [0.15, 0.2) is 0 Å². The number of methoxy groups -OCH3 is 1. The summed E-state index contributed by atoms with van der Waals surface area (Å²) < 4.78 is 4.88. The minimum absolute atomic E-state index is 0.0139. The summed E-state index contributed by atoms with van der Waals surface area (Å²) in [5.74, 6) is 0.279. The van der Waals surface area contributed by atoms with E-state index in [1.165, 1.54) is 0 Å². The molecule has 0 aliphatic rings. The van der Waals surface area contributed by atoms with E-state index < -0.39 is 0 Å². The first-order valence-corrected chi connectivity index (χ1v) is 5.59. The Kier molecular flexibility index (Phi) is 4.97. The second-order valence-corrected chi connectivity index (χ2v) is 4.01. The Morgan fingerprint density at radius 2 is 2.00 bits per heavy atom. The van der Waals surface area contributed by atoms with Crippen LogP contribution in [0.25, 0.3) is 0 Å². The van der Waals surface area contributed by atoms with Gasteiger partial charge in [-0.25, -0.2) is 0 Å². The molecule has 1 amide bonds. The first-order chi connectivity index (χ1) is 8.06. The van der Waals surface area contributed by atoms with Crippen LogP contribution in [0, 0.1) is 0 Å². The van der Waals surface area contributed by atoms with E-state index in [0.717, 1.165) is 5.56 Å². The lowest BCUT2D eigenvalue weighted by Crippen LogP contribution is -2.30. The number of phenolic OH excluding ortho intramolecular Hbond substituents is 1. The van der Waals surface area contributed by atoms with Crippen molar-refractivity contribution in [1.29, 1.82) is 0 Å². The molecule has 0 fully saturated rings. The molecule has 4 nitrogen and oxygen atoms in total. The van der Waals surface area contributed by atoms with Crippen LogP contribution in [0.1, 0.15) is 24.9 Å². The van der Waals surface area contributed by atoms with Gasteiger partial charge in [0.2, 0.25) is 5.91 Å². The van der Waals surface area contributed by atoms with Gasteiger partial charge in [-0.3, -0.25) is 4.79 Å². The predicted molar refractivity (Wildman–Crippen MR) is 65.8 cm³/mol. The Morgan fingerprint density at radius 1 is 1.41 bits per heavy atom. The molecule has 1 unspecified atom stereocenters. The number of benzene rings is 1. The summed E-state index contributed by atoms with van der Waals surface area (Å²) in [6, 6.07) is 6.87. The van der Waals surface area contributed by atoms with Crippen molar-refractivity contribution in [2.75, 3.05) is 20.8 Å². The van der Waals surface area contributed by atoms with Gasteiger partial charge in [-0.1, -0.05) is 12.1 Å². The van der Waals surface area contributed by atoms with E-state index in [2.05, 4.69) is 0 Å². The topological polar surface area (TPSA) is 49.8 Å². The maximum atomic E-state index is 11.8. The molecule has 0 saturated carbocycles. The summed E-state index contributed by atoms with van der Waals surface area (Å²) in [7, 11) is 3.35. The number of aromatic hydroxyl groups is 1. The first kappa shape index (κ1) is 13.5. The molecule has 0 aliphatic heterocycles. The summed E-state index contributed by atoms with van der Waals surface area (Å²) in [5, 5.41) is 9.21. The average molecular weight is 237 g/mol. The molecule has 0 radical (unpaired) electrons. The molecule has 0 heterocycles. The van der Waals surface area contributed by atoms with Crippen LogP contribution in [0.4, 0.5) is 0 Å². The highest BCUT2D eigenvalue weighted by Crippen LogP contribution is 2.21. The Labute approximate surface area is 102 Å². The summed E-state index contributed by atoms with van der Waals surface area (Å²) in [6.07, 6.45) is 0.384. The Balaban J connectivity index is 2.65. The van der Waals surface area contributed by atoms with Crippen molar-refractivity contribution in [2.45, 2.75) is 19.4 Å². The van der Waals surface area contributed by atoms with Gasteiger partial charge in [-0.2, -0.15) is 0 Å². The van der Waals surface area contributed by atoms with E-state index in [-0.39, 0.29) is 17.7 Å². The smallest absolute Gasteiger partial charge is 0.225 e. The van der Waals surface area contributed by atoms with E-state index in [1.54, 1.807) is 31.2 Å². The number of carbonyl (C=O) groups is 1. The molecule has 4 heteroatoms. The molecular formula is C13H19NO3. The molecule has 1 atom stereocenters. The number of phenols is 1. The molecule has 1 aromatic rings. The number of ether oxygens (including phenoxy) is 1. The third-order valence-electron chi connectivity index (χ3n) is 2.87. The minimum atomic E-state index is -0.0139. The standard InChI is InChI=1S/C13H19NO3/c1-10(11-4-6-12(15)7-5-11)14(2)13(16)8-9-17-3/h4-7,10,15H,8-9H2,1-3H3. The second kappa shape index (κ2) is 6.25. The zero-order valence-corrected chi connectivity index (χ0v) is 10.5. The molecule has 17 heavy (non-hydrogen) atoms. The van der Waals surface area contributed by atoms with Crippen LogP contribution >= 0.6 is 0 Å². The molecular weight excluding hydrogens is 218 g/mol. The van der Waals surface area contributed by atoms with Crippen molar-refractivity contribution in [1.82, 2.24) is 4.90 Å². The maximum Gasteiger partial charge on any atom is 0.225 e. The fourth-order valence-corrected chi connectivity index (χ4v) is 1.56. The molecule has 0 bridgehead atoms. The maximum absolute atomic E-state index is 11.8. The summed E-state index contributed by atoms with van der Waals surface area (Å²) in [6.45, 7) is 2.39. The zero-order chi connectivity index (χ0) is 12.8. The van der Waals surface area contributed by atoms with Crippen molar-refractivity contribution < 1.29 is 14.6 Å². The van der Waals surface area contributed by atoms with Crippen molar-refractivity contribution in [3.8, 4) is 5.75 Å². The molecule has 0 aliphatic carbocycles. The molecule has 0 aromatic heterocycles. The van der Waals surface area contributed by atoms with E-state index in [0.29, 0.717) is 13.0 Å². The summed E-state index contributed by atoms with van der Waals surface area (Å²) in [5.41, 5.74) is 0.996. The van der Waals surface area contributed by atoms with Crippen molar-refractivity contribution >= 4 is 5.91 Å². The third-order valence-corrected chi connectivity index (χ3v) is 2.87. The molecule has 0 saturated heterocycles. The predicted octanol–water partition coefficient (Wildman–Crippen LogP) is 1.95. The lowest BCUT2D eigenvalue weighted by atomic mass is 10.1. The summed E-state index contributed by atoms with van der Waals surface area (Å²) in [4.78, 5) is 13.5. The molecule has 0 spiro atoms. The number of amides is 1. The van der Waals surface area contributed by atoms with Crippen LogP contribution in [0.15, 0.2) is 24.3 Å². The third kappa shape index (κ3) is 3.75. The number of rotatable bonds is 5. The van der Waals surface area contributed by atoms with Crippen LogP contribution < -0.4 is 0 Å². The lowest BCUT2D eigenvalue weighted by molar-refractivity contribution is -0.132. The van der Waals surface area contributed by atoms with Crippen LogP contribution in [0.2, 0.25) is 0 Å². The van der Waals surface area contributed by atoms with Gasteiger partial charge in [-0.15, -0.1) is 0 Å². The van der Waals surface area contributed by atoms with Crippen LogP contribution in [-0.2, 0) is 9.53 Å². The average Bonchev–Trinajstić information content (AvgIpc) is 2.35. The van der Waals surface area contributed by atoms with E-state index in [9.17, 15) is 9.90 Å². The van der Waals surface area contributed by atoms with Gasteiger partial charge in [0.05, 0.1) is 19.1 Å². The second-order valence-electron chi connectivity index (χ2n) is 4.01. The van der Waals surface area contributed by atoms with Gasteiger partial charge >= 0.3 is 0 Å². The van der Waals surface area contributed by atoms with Gasteiger partial charge < -0.3 is 14.7 Å². The van der Waals surface area contributed by atoms with Gasteiger partial charge in [-0.05, 0) is 24.6 Å². The van der Waals surface area contributed by atoms with E-state index in [4.69, 9.17) is 4.74 Å². The van der Waals surface area contributed by atoms with Crippen molar-refractivity contribution in [3.05, 3.63) is 29.8 Å². The molecule has 1 N–H and O–H groups in total. The summed E-state index contributed by atoms with van der Waals surface area (Å²) >= 11 is 0. The molecule has 1 rings (SSSR count). The number of hydrogen-bond donors (Lipinski definition) is 1. The zero-order valence-electron chi connectivity index (χ0n) is 10.5. The van der Waals surface area contributed by atoms with Gasteiger partial charge in [0, 0.05) is 14.2 Å². The van der Waals surface area contributed by atoms with E-state index in [1.807, 2.05) is 19.1 Å². The Morgan fingerprint density at radius 3 is 2.53 bits per heavy atom. The van der Waals surface area contributed by atoms with Crippen molar-refractivity contribution in [3.63, 3.8) is 0 Å². The quantitative estimate of drug-likeness (QED) is 0.851. The highest BCUT2D eigenvalue weighted by molar-refractivity contribution is 5.76. The highest BCUT2D eigenvalue weighted by atomic mass is 16.5. The number of hydrogen-bond acceptors (Lipinski definition) is 3.